The maximum Gasteiger partial charge on any atom is 0.415 e. The lowest BCUT2D eigenvalue weighted by Gasteiger charge is -2.38. The van der Waals surface area contributed by atoms with Crippen molar-refractivity contribution in [2.75, 3.05) is 34.5 Å². The van der Waals surface area contributed by atoms with Gasteiger partial charge in [-0.2, -0.15) is 11.8 Å². The maximum absolute atomic E-state index is 15.0. The summed E-state index contributed by atoms with van der Waals surface area (Å²) in [5, 5.41) is 0. The molecule has 4 aliphatic heterocycles. The highest BCUT2D eigenvalue weighted by atomic mass is 32.2. The van der Waals surface area contributed by atoms with E-state index in [9.17, 15) is 9.18 Å². The molecule has 0 aliphatic carbocycles. The van der Waals surface area contributed by atoms with Gasteiger partial charge >= 0.3 is 6.09 Å². The number of amides is 1. The molecule has 1 aromatic carbocycles. The summed E-state index contributed by atoms with van der Waals surface area (Å²) in [7, 11) is 0. The molecule has 2 N–H and O–H groups in total. The molecule has 0 spiro atoms. The Labute approximate surface area is 149 Å². The third kappa shape index (κ3) is 2.23. The SMILES string of the molecule is NC[C@@H]1OC(=O)N2c3cc(F)c(N4C5CCC4CSC5)cc3OC[C@@H]12. The van der Waals surface area contributed by atoms with E-state index in [4.69, 9.17) is 15.2 Å². The van der Waals surface area contributed by atoms with E-state index in [-0.39, 0.29) is 18.4 Å². The van der Waals surface area contributed by atoms with Crippen molar-refractivity contribution in [2.45, 2.75) is 37.1 Å². The van der Waals surface area contributed by atoms with Crippen LogP contribution in [0.15, 0.2) is 12.1 Å². The van der Waals surface area contributed by atoms with Crippen LogP contribution in [-0.4, -0.2) is 55.0 Å². The summed E-state index contributed by atoms with van der Waals surface area (Å²) < 4.78 is 26.2. The average molecular weight is 365 g/mol. The summed E-state index contributed by atoms with van der Waals surface area (Å²) in [5.74, 6) is 2.30. The minimum atomic E-state index is -0.480. The number of cyclic esters (lactones) is 1. The van der Waals surface area contributed by atoms with E-state index in [2.05, 4.69) is 4.90 Å². The molecule has 25 heavy (non-hydrogen) atoms. The Hall–Kier alpha value is -1.67. The largest absolute Gasteiger partial charge is 0.489 e. The van der Waals surface area contributed by atoms with Crippen molar-refractivity contribution in [3.8, 4) is 5.75 Å². The molecule has 0 radical (unpaired) electrons. The van der Waals surface area contributed by atoms with Gasteiger partial charge in [-0.15, -0.1) is 0 Å². The molecule has 8 heteroatoms. The van der Waals surface area contributed by atoms with Gasteiger partial charge in [0.05, 0.1) is 11.4 Å². The number of hydrogen-bond acceptors (Lipinski definition) is 6. The number of halogens is 1. The molecule has 4 atom stereocenters. The molecule has 1 aromatic rings. The molecule has 3 saturated heterocycles. The fourth-order valence-corrected chi connectivity index (χ4v) is 5.80. The Kier molecular flexibility index (Phi) is 3.53. The summed E-state index contributed by atoms with van der Waals surface area (Å²) in [6, 6.07) is 3.64. The summed E-state index contributed by atoms with van der Waals surface area (Å²) in [5.41, 5.74) is 6.70. The second-order valence-electron chi connectivity index (χ2n) is 7.01. The van der Waals surface area contributed by atoms with Crippen molar-refractivity contribution in [1.82, 2.24) is 0 Å². The average Bonchev–Trinajstić information content (AvgIpc) is 3.07. The van der Waals surface area contributed by atoms with E-state index in [0.717, 1.165) is 24.3 Å². The minimum absolute atomic E-state index is 0.223. The van der Waals surface area contributed by atoms with Gasteiger partial charge in [0.2, 0.25) is 0 Å². The topological polar surface area (TPSA) is 68.0 Å². The molecule has 2 unspecified atom stereocenters. The highest BCUT2D eigenvalue weighted by molar-refractivity contribution is 7.99. The monoisotopic (exact) mass is 365 g/mol. The number of ether oxygens (including phenoxy) is 2. The van der Waals surface area contributed by atoms with Gasteiger partial charge in [0.25, 0.3) is 0 Å². The van der Waals surface area contributed by atoms with Crippen molar-refractivity contribution < 1.29 is 18.7 Å². The molecule has 0 aromatic heterocycles. The van der Waals surface area contributed by atoms with E-state index >= 15 is 0 Å². The van der Waals surface area contributed by atoms with Crippen LogP contribution >= 0.6 is 11.8 Å². The summed E-state index contributed by atoms with van der Waals surface area (Å²) in [6.07, 6.45) is 1.31. The first kappa shape index (κ1) is 15.6. The number of thioether (sulfide) groups is 1. The quantitative estimate of drug-likeness (QED) is 0.864. The summed E-state index contributed by atoms with van der Waals surface area (Å²) in [4.78, 5) is 15.9. The molecular formula is C17H20FN3O3S. The summed E-state index contributed by atoms with van der Waals surface area (Å²) >= 11 is 1.95. The minimum Gasteiger partial charge on any atom is -0.489 e. The molecule has 2 bridgehead atoms. The summed E-state index contributed by atoms with van der Waals surface area (Å²) in [6.45, 7) is 0.537. The van der Waals surface area contributed by atoms with Crippen molar-refractivity contribution in [3.63, 3.8) is 0 Å². The van der Waals surface area contributed by atoms with Gasteiger partial charge in [-0.1, -0.05) is 0 Å². The molecule has 6 nitrogen and oxygen atoms in total. The Morgan fingerprint density at radius 3 is 2.72 bits per heavy atom. The van der Waals surface area contributed by atoms with Gasteiger partial charge < -0.3 is 20.1 Å². The van der Waals surface area contributed by atoms with Gasteiger partial charge in [0.1, 0.15) is 30.3 Å². The van der Waals surface area contributed by atoms with Gasteiger partial charge in [-0.3, -0.25) is 4.90 Å². The number of benzene rings is 1. The van der Waals surface area contributed by atoms with Gasteiger partial charge in [0, 0.05) is 42.3 Å². The predicted octanol–water partition coefficient (Wildman–Crippen LogP) is 1.95. The molecule has 134 valence electrons. The Morgan fingerprint density at radius 1 is 1.24 bits per heavy atom. The second kappa shape index (κ2) is 5.67. The van der Waals surface area contributed by atoms with Crippen LogP contribution in [0.4, 0.5) is 20.6 Å². The standard InChI is InChI=1S/C17H20FN3O3S/c18-11-3-13-15(23-6-14-16(5-19)24-17(22)21(13)14)4-12(11)20-9-1-2-10(20)8-25-7-9/h3-4,9-10,14,16H,1-2,5-8,19H2/t9?,10?,14-,16-/m0/s1. The molecule has 1 amide bonds. The first-order valence-electron chi connectivity index (χ1n) is 8.69. The van der Waals surface area contributed by atoms with E-state index in [0.29, 0.717) is 35.8 Å². The normalized spacial score (nSPS) is 33.0. The molecular weight excluding hydrogens is 345 g/mol. The van der Waals surface area contributed by atoms with Crippen LogP contribution in [0, 0.1) is 5.82 Å². The maximum atomic E-state index is 15.0. The molecule has 3 fully saturated rings. The lowest BCUT2D eigenvalue weighted by Crippen LogP contribution is -2.47. The molecule has 0 saturated carbocycles. The highest BCUT2D eigenvalue weighted by Crippen LogP contribution is 2.45. The Balaban J connectivity index is 1.54. The molecule has 5 rings (SSSR count). The van der Waals surface area contributed by atoms with Gasteiger partial charge in [-0.25, -0.2) is 9.18 Å². The lowest BCUT2D eigenvalue weighted by atomic mass is 10.1. The second-order valence-corrected chi connectivity index (χ2v) is 8.08. The third-order valence-corrected chi connectivity index (χ3v) is 6.90. The van der Waals surface area contributed by atoms with Crippen LogP contribution < -0.4 is 20.3 Å². The zero-order chi connectivity index (χ0) is 17.1. The van der Waals surface area contributed by atoms with Crippen LogP contribution in [0.2, 0.25) is 0 Å². The molecule has 4 heterocycles. The van der Waals surface area contributed by atoms with Crippen LogP contribution in [-0.2, 0) is 4.74 Å². The van der Waals surface area contributed by atoms with Crippen molar-refractivity contribution in [2.24, 2.45) is 5.73 Å². The van der Waals surface area contributed by atoms with E-state index in [1.54, 1.807) is 6.07 Å². The molecule has 4 aliphatic rings. The number of carbonyl (C=O) groups is 1. The number of nitrogens with two attached hydrogens (primary N) is 1. The van der Waals surface area contributed by atoms with Crippen molar-refractivity contribution in [3.05, 3.63) is 17.9 Å². The van der Waals surface area contributed by atoms with Crippen molar-refractivity contribution in [1.29, 1.82) is 0 Å². The Bertz CT molecular complexity index is 717. The third-order valence-electron chi connectivity index (χ3n) is 5.66. The number of fused-ring (bicyclic) bond motifs is 5. The lowest BCUT2D eigenvalue weighted by molar-refractivity contribution is 0.126. The Morgan fingerprint density at radius 2 is 2.00 bits per heavy atom. The predicted molar refractivity (Wildman–Crippen MR) is 94.1 cm³/mol. The van der Waals surface area contributed by atoms with Gasteiger partial charge in [-0.05, 0) is 12.8 Å². The number of nitrogens with zero attached hydrogens (tertiary/aromatic N) is 2. The van der Waals surface area contributed by atoms with Crippen LogP contribution in [0.3, 0.4) is 0 Å². The number of rotatable bonds is 2. The van der Waals surface area contributed by atoms with E-state index in [1.165, 1.54) is 11.0 Å². The first-order chi connectivity index (χ1) is 12.2. The van der Waals surface area contributed by atoms with E-state index in [1.807, 2.05) is 11.8 Å². The number of hydrogen-bond donors (Lipinski definition) is 1. The highest BCUT2D eigenvalue weighted by Gasteiger charge is 2.47. The zero-order valence-corrected chi connectivity index (χ0v) is 14.5. The first-order valence-corrected chi connectivity index (χ1v) is 9.85. The van der Waals surface area contributed by atoms with Crippen LogP contribution in [0.25, 0.3) is 0 Å². The zero-order valence-electron chi connectivity index (χ0n) is 13.7. The smallest absolute Gasteiger partial charge is 0.415 e. The fraction of sp³-hybridized carbons (Fsp3) is 0.588. The number of carbonyl (C=O) groups excluding carboxylic acids is 1. The van der Waals surface area contributed by atoms with E-state index < -0.39 is 12.2 Å². The van der Waals surface area contributed by atoms with Crippen LogP contribution in [0.1, 0.15) is 12.8 Å². The van der Waals surface area contributed by atoms with Gasteiger partial charge in [0.15, 0.2) is 0 Å². The number of anilines is 2. The van der Waals surface area contributed by atoms with Crippen LogP contribution in [0.5, 0.6) is 5.75 Å². The fourth-order valence-electron chi connectivity index (χ4n) is 4.46. The van der Waals surface area contributed by atoms with Crippen molar-refractivity contribution >= 4 is 29.2 Å².